The Kier molecular flexibility index (Phi) is 2.67. The molecular weight excluding hydrogens is 279 g/mol. The number of aryl methyl sites for hydroxylation is 1. The van der Waals surface area contributed by atoms with Crippen molar-refractivity contribution in [1.82, 2.24) is 15.0 Å². The number of halogens is 2. The van der Waals surface area contributed by atoms with Crippen molar-refractivity contribution in [3.63, 3.8) is 0 Å². The number of anilines is 1. The molecule has 6 heteroatoms. The van der Waals surface area contributed by atoms with E-state index in [-0.39, 0.29) is 0 Å². The topological polar surface area (TPSA) is 56.7 Å². The summed E-state index contributed by atoms with van der Waals surface area (Å²) in [5, 5.41) is 8.34. The van der Waals surface area contributed by atoms with Gasteiger partial charge in [0.1, 0.15) is 5.69 Å². The second-order valence-electron chi connectivity index (χ2n) is 3.09. The van der Waals surface area contributed by atoms with Gasteiger partial charge in [-0.05, 0) is 28.1 Å². The Morgan fingerprint density at radius 3 is 2.73 bits per heavy atom. The summed E-state index contributed by atoms with van der Waals surface area (Å²) in [5.41, 5.74) is 8.07. The van der Waals surface area contributed by atoms with Gasteiger partial charge in [-0.25, -0.2) is 4.68 Å². The smallest absolute Gasteiger partial charge is 0.156 e. The normalized spacial score (nSPS) is 10.6. The maximum atomic E-state index is 5.85. The van der Waals surface area contributed by atoms with E-state index in [1.165, 1.54) is 0 Å². The standard InChI is InChI=1S/C9H8BrClN4/c1-15-8(9(10)13-14-15)5-2-3-6(11)7(12)4-5/h2-4H,12H2,1H3. The zero-order valence-corrected chi connectivity index (χ0v) is 10.2. The lowest BCUT2D eigenvalue weighted by molar-refractivity contribution is 0.720. The fraction of sp³-hybridized carbons (Fsp3) is 0.111. The van der Waals surface area contributed by atoms with Crippen molar-refractivity contribution < 1.29 is 0 Å². The molecule has 0 saturated carbocycles. The highest BCUT2D eigenvalue weighted by Gasteiger charge is 2.11. The van der Waals surface area contributed by atoms with Crippen LogP contribution in [0.25, 0.3) is 11.3 Å². The first-order valence-electron chi connectivity index (χ1n) is 4.20. The van der Waals surface area contributed by atoms with E-state index in [1.807, 2.05) is 13.1 Å². The Bertz CT molecular complexity index is 489. The Labute approximate surface area is 100 Å². The highest BCUT2D eigenvalue weighted by molar-refractivity contribution is 9.10. The molecule has 0 aliphatic rings. The molecule has 0 fully saturated rings. The number of hydrogen-bond acceptors (Lipinski definition) is 3. The van der Waals surface area contributed by atoms with Crippen LogP contribution in [0.5, 0.6) is 0 Å². The third-order valence-electron chi connectivity index (χ3n) is 2.06. The predicted molar refractivity (Wildman–Crippen MR) is 63.6 cm³/mol. The molecule has 0 amide bonds. The molecule has 2 aromatic rings. The van der Waals surface area contributed by atoms with Gasteiger partial charge in [0.05, 0.1) is 10.7 Å². The summed E-state index contributed by atoms with van der Waals surface area (Å²) in [4.78, 5) is 0. The Morgan fingerprint density at radius 1 is 1.47 bits per heavy atom. The molecule has 78 valence electrons. The molecular formula is C9H8BrClN4. The molecule has 0 aliphatic carbocycles. The highest BCUT2D eigenvalue weighted by Crippen LogP contribution is 2.29. The molecule has 2 N–H and O–H groups in total. The van der Waals surface area contributed by atoms with Crippen LogP contribution in [0.3, 0.4) is 0 Å². The van der Waals surface area contributed by atoms with Crippen molar-refractivity contribution >= 4 is 33.2 Å². The maximum absolute atomic E-state index is 5.85. The van der Waals surface area contributed by atoms with Crippen molar-refractivity contribution in [3.05, 3.63) is 27.8 Å². The molecule has 0 spiro atoms. The molecule has 1 aromatic carbocycles. The third kappa shape index (κ3) is 1.85. The largest absolute Gasteiger partial charge is 0.398 e. The van der Waals surface area contributed by atoms with Crippen LogP contribution in [0.15, 0.2) is 22.8 Å². The first kappa shape index (κ1) is 10.4. The summed E-state index contributed by atoms with van der Waals surface area (Å²) in [7, 11) is 1.82. The minimum atomic E-state index is 0.544. The fourth-order valence-corrected chi connectivity index (χ4v) is 2.00. The zero-order chi connectivity index (χ0) is 11.0. The van der Waals surface area contributed by atoms with E-state index >= 15 is 0 Å². The van der Waals surface area contributed by atoms with Gasteiger partial charge < -0.3 is 5.73 Å². The van der Waals surface area contributed by atoms with Gasteiger partial charge in [0.2, 0.25) is 0 Å². The van der Waals surface area contributed by atoms with E-state index < -0.39 is 0 Å². The SMILES string of the molecule is Cn1nnc(Br)c1-c1ccc(Cl)c(N)c1. The minimum Gasteiger partial charge on any atom is -0.398 e. The number of aromatic nitrogens is 3. The summed E-state index contributed by atoms with van der Waals surface area (Å²) < 4.78 is 2.36. The van der Waals surface area contributed by atoms with Crippen molar-refractivity contribution in [2.75, 3.05) is 5.73 Å². The Balaban J connectivity index is 2.59. The van der Waals surface area contributed by atoms with E-state index in [0.717, 1.165) is 11.3 Å². The van der Waals surface area contributed by atoms with Crippen LogP contribution in [-0.4, -0.2) is 15.0 Å². The molecule has 0 aliphatic heterocycles. The number of hydrogen-bond donors (Lipinski definition) is 1. The molecule has 0 saturated heterocycles. The van der Waals surface area contributed by atoms with Gasteiger partial charge >= 0.3 is 0 Å². The first-order chi connectivity index (χ1) is 7.09. The monoisotopic (exact) mass is 286 g/mol. The quantitative estimate of drug-likeness (QED) is 0.820. The lowest BCUT2D eigenvalue weighted by Crippen LogP contribution is -1.95. The van der Waals surface area contributed by atoms with Gasteiger partial charge in [-0.1, -0.05) is 22.9 Å². The van der Waals surface area contributed by atoms with Crippen LogP contribution in [0, 0.1) is 0 Å². The second kappa shape index (κ2) is 3.83. The van der Waals surface area contributed by atoms with Crippen LogP contribution in [0.4, 0.5) is 5.69 Å². The van der Waals surface area contributed by atoms with E-state index in [2.05, 4.69) is 26.2 Å². The summed E-state index contributed by atoms with van der Waals surface area (Å²) in [5.74, 6) is 0. The Morgan fingerprint density at radius 2 is 2.20 bits per heavy atom. The molecule has 0 atom stereocenters. The van der Waals surface area contributed by atoms with Crippen LogP contribution in [0.2, 0.25) is 5.02 Å². The second-order valence-corrected chi connectivity index (χ2v) is 4.25. The number of rotatable bonds is 1. The van der Waals surface area contributed by atoms with Gasteiger partial charge in [0.15, 0.2) is 4.60 Å². The van der Waals surface area contributed by atoms with Crippen molar-refractivity contribution in [1.29, 1.82) is 0 Å². The summed E-state index contributed by atoms with van der Waals surface area (Å²) in [6, 6.07) is 5.43. The molecule has 1 aromatic heterocycles. The number of nitrogens with two attached hydrogens (primary N) is 1. The molecule has 0 unspecified atom stereocenters. The molecule has 4 nitrogen and oxygen atoms in total. The average molecular weight is 288 g/mol. The van der Waals surface area contributed by atoms with Gasteiger partial charge in [0.25, 0.3) is 0 Å². The van der Waals surface area contributed by atoms with Gasteiger partial charge in [-0.3, -0.25) is 0 Å². The Hall–Kier alpha value is -1.07. The lowest BCUT2D eigenvalue weighted by Gasteiger charge is -2.04. The summed E-state index contributed by atoms with van der Waals surface area (Å²) >= 11 is 9.18. The molecule has 0 bridgehead atoms. The van der Waals surface area contributed by atoms with Crippen molar-refractivity contribution in [2.45, 2.75) is 0 Å². The molecule has 1 heterocycles. The van der Waals surface area contributed by atoms with Gasteiger partial charge in [-0.2, -0.15) is 0 Å². The van der Waals surface area contributed by atoms with Crippen molar-refractivity contribution in [3.8, 4) is 11.3 Å². The number of benzene rings is 1. The number of nitrogens with zero attached hydrogens (tertiary/aromatic N) is 3. The minimum absolute atomic E-state index is 0.544. The third-order valence-corrected chi connectivity index (χ3v) is 2.93. The average Bonchev–Trinajstić information content (AvgIpc) is 2.52. The van der Waals surface area contributed by atoms with Crippen LogP contribution in [-0.2, 0) is 7.05 Å². The molecule has 2 rings (SSSR count). The van der Waals surface area contributed by atoms with E-state index in [4.69, 9.17) is 17.3 Å². The summed E-state index contributed by atoms with van der Waals surface area (Å²) in [6.45, 7) is 0. The van der Waals surface area contributed by atoms with Crippen LogP contribution < -0.4 is 5.73 Å². The first-order valence-corrected chi connectivity index (χ1v) is 5.37. The fourth-order valence-electron chi connectivity index (χ4n) is 1.33. The maximum Gasteiger partial charge on any atom is 0.156 e. The van der Waals surface area contributed by atoms with Gasteiger partial charge in [0, 0.05) is 12.6 Å². The van der Waals surface area contributed by atoms with E-state index in [0.29, 0.717) is 15.3 Å². The molecule has 15 heavy (non-hydrogen) atoms. The van der Waals surface area contributed by atoms with E-state index in [9.17, 15) is 0 Å². The number of nitrogen functional groups attached to an aromatic ring is 1. The summed E-state index contributed by atoms with van der Waals surface area (Å²) in [6.07, 6.45) is 0. The van der Waals surface area contributed by atoms with Crippen LogP contribution >= 0.6 is 27.5 Å². The van der Waals surface area contributed by atoms with E-state index in [1.54, 1.807) is 16.8 Å². The van der Waals surface area contributed by atoms with Crippen molar-refractivity contribution in [2.24, 2.45) is 7.05 Å². The highest BCUT2D eigenvalue weighted by atomic mass is 79.9. The zero-order valence-electron chi connectivity index (χ0n) is 7.91. The molecule has 0 radical (unpaired) electrons. The predicted octanol–water partition coefficient (Wildman–Crippen LogP) is 2.48. The lowest BCUT2D eigenvalue weighted by atomic mass is 10.1. The van der Waals surface area contributed by atoms with Gasteiger partial charge in [-0.15, -0.1) is 5.10 Å². The van der Waals surface area contributed by atoms with Crippen LogP contribution in [0.1, 0.15) is 0 Å².